The Balaban J connectivity index is 2.36. The predicted molar refractivity (Wildman–Crippen MR) is 70.1 cm³/mol. The Bertz CT molecular complexity index is 701. The van der Waals surface area contributed by atoms with Crippen LogP contribution in [0.2, 0.25) is 10.0 Å². The summed E-state index contributed by atoms with van der Waals surface area (Å²) >= 11 is 11.6. The zero-order chi connectivity index (χ0) is 14.9. The monoisotopic (exact) mass is 316 g/mol. The highest BCUT2D eigenvalue weighted by molar-refractivity contribution is 6.44. The number of carbonyl (C=O) groups is 1. The second-order valence-corrected chi connectivity index (χ2v) is 4.43. The first-order valence-electron chi connectivity index (χ1n) is 5.13. The molecule has 1 amide bonds. The molecule has 0 aliphatic rings. The average molecular weight is 317 g/mol. The number of non-ortho nitro benzene ring substituents is 1. The van der Waals surface area contributed by atoms with Gasteiger partial charge >= 0.3 is 6.01 Å². The highest BCUT2D eigenvalue weighted by Gasteiger charge is 2.20. The lowest BCUT2D eigenvalue weighted by Gasteiger charge is -2.04. The summed E-state index contributed by atoms with van der Waals surface area (Å²) in [5.74, 6) is -0.423. The molecule has 8 nitrogen and oxygen atoms in total. The Labute approximate surface area is 121 Å². The van der Waals surface area contributed by atoms with Crippen molar-refractivity contribution >= 4 is 40.8 Å². The van der Waals surface area contributed by atoms with E-state index in [1.54, 1.807) is 6.92 Å². The minimum Gasteiger partial charge on any atom is -0.315 e. The second-order valence-electron chi connectivity index (χ2n) is 3.65. The van der Waals surface area contributed by atoms with Gasteiger partial charge in [0.25, 0.3) is 11.6 Å². The molecule has 0 radical (unpaired) electrons. The van der Waals surface area contributed by atoms with Gasteiger partial charge in [0.2, 0.25) is 0 Å². The quantitative estimate of drug-likeness (QED) is 0.688. The van der Waals surface area contributed by atoms with Crippen molar-refractivity contribution in [2.75, 3.05) is 5.32 Å². The number of anilines is 1. The van der Waals surface area contributed by atoms with Gasteiger partial charge in [-0.3, -0.25) is 20.2 Å². The molecule has 2 rings (SSSR count). The van der Waals surface area contributed by atoms with Crippen LogP contribution in [0.4, 0.5) is 11.7 Å². The summed E-state index contributed by atoms with van der Waals surface area (Å²) in [5.41, 5.74) is -0.520. The zero-order valence-corrected chi connectivity index (χ0v) is 11.4. The van der Waals surface area contributed by atoms with Crippen molar-refractivity contribution in [3.63, 3.8) is 0 Å². The molecule has 0 unspecified atom stereocenters. The van der Waals surface area contributed by atoms with Crippen LogP contribution in [0.3, 0.4) is 0 Å². The van der Waals surface area contributed by atoms with E-state index in [9.17, 15) is 14.9 Å². The third-order valence-electron chi connectivity index (χ3n) is 2.22. The molecule has 0 aliphatic carbocycles. The van der Waals surface area contributed by atoms with Crippen molar-refractivity contribution in [2.45, 2.75) is 6.92 Å². The lowest BCUT2D eigenvalue weighted by atomic mass is 10.2. The molecule has 104 valence electrons. The number of halogens is 2. The zero-order valence-electron chi connectivity index (χ0n) is 9.89. The van der Waals surface area contributed by atoms with Crippen LogP contribution < -0.4 is 5.32 Å². The number of hydrogen-bond donors (Lipinski definition) is 1. The Morgan fingerprint density at radius 2 is 2.15 bits per heavy atom. The van der Waals surface area contributed by atoms with Gasteiger partial charge in [0.05, 0.1) is 20.5 Å². The largest absolute Gasteiger partial charge is 0.328 e. The molecule has 0 aliphatic heterocycles. The molecule has 1 aromatic heterocycles. The lowest BCUT2D eigenvalue weighted by molar-refractivity contribution is -0.384. The van der Waals surface area contributed by atoms with E-state index in [2.05, 4.69) is 15.5 Å². The SMILES string of the molecule is Cc1noc(NC(=O)c2cc([N+](=O)[O-])cc(Cl)c2Cl)n1. The van der Waals surface area contributed by atoms with Crippen molar-refractivity contribution in [2.24, 2.45) is 0 Å². The number of aromatic nitrogens is 2. The summed E-state index contributed by atoms with van der Waals surface area (Å²) in [6.45, 7) is 1.57. The summed E-state index contributed by atoms with van der Waals surface area (Å²) in [6.07, 6.45) is 0. The van der Waals surface area contributed by atoms with Gasteiger partial charge in [-0.15, -0.1) is 0 Å². The number of rotatable bonds is 3. The minimum atomic E-state index is -0.746. The van der Waals surface area contributed by atoms with Gasteiger partial charge in [0.1, 0.15) is 0 Å². The van der Waals surface area contributed by atoms with Crippen LogP contribution in [0, 0.1) is 17.0 Å². The van der Waals surface area contributed by atoms with E-state index >= 15 is 0 Å². The summed E-state index contributed by atoms with van der Waals surface area (Å²) in [7, 11) is 0. The Morgan fingerprint density at radius 1 is 1.45 bits per heavy atom. The molecule has 1 heterocycles. The first-order valence-corrected chi connectivity index (χ1v) is 5.89. The van der Waals surface area contributed by atoms with Gasteiger partial charge in [-0.25, -0.2) is 0 Å². The smallest absolute Gasteiger partial charge is 0.315 e. The molecule has 0 saturated carbocycles. The lowest BCUT2D eigenvalue weighted by Crippen LogP contribution is -2.13. The number of benzene rings is 1. The molecule has 20 heavy (non-hydrogen) atoms. The van der Waals surface area contributed by atoms with Crippen molar-refractivity contribution in [1.82, 2.24) is 10.1 Å². The van der Waals surface area contributed by atoms with E-state index in [0.29, 0.717) is 5.82 Å². The van der Waals surface area contributed by atoms with Gasteiger partial charge in [-0.05, 0) is 6.92 Å². The van der Waals surface area contributed by atoms with Gasteiger partial charge in [-0.2, -0.15) is 4.98 Å². The first kappa shape index (κ1) is 14.2. The number of hydrogen-bond acceptors (Lipinski definition) is 6. The molecule has 2 aromatic rings. The molecule has 0 bridgehead atoms. The fraction of sp³-hybridized carbons (Fsp3) is 0.100. The summed E-state index contributed by atoms with van der Waals surface area (Å²) in [4.78, 5) is 25.8. The van der Waals surface area contributed by atoms with E-state index in [1.807, 2.05) is 0 Å². The number of carbonyl (C=O) groups excluding carboxylic acids is 1. The Kier molecular flexibility index (Phi) is 3.86. The maximum absolute atomic E-state index is 12.0. The average Bonchev–Trinajstić information content (AvgIpc) is 2.77. The Morgan fingerprint density at radius 3 is 2.70 bits per heavy atom. The van der Waals surface area contributed by atoms with Gasteiger partial charge in [0, 0.05) is 12.1 Å². The van der Waals surface area contributed by atoms with Crippen LogP contribution in [-0.2, 0) is 0 Å². The van der Waals surface area contributed by atoms with Crippen molar-refractivity contribution in [3.05, 3.63) is 43.7 Å². The molecule has 0 atom stereocenters. The second kappa shape index (κ2) is 5.43. The number of nitro benzene ring substituents is 1. The van der Waals surface area contributed by atoms with Gasteiger partial charge in [0.15, 0.2) is 5.82 Å². The standard InChI is InChI=1S/C10H6Cl2N4O4/c1-4-13-10(20-15-4)14-9(17)6-2-5(16(18)19)3-7(11)8(6)12/h2-3H,1H3,(H,13,14,15,17). The van der Waals surface area contributed by atoms with Gasteiger partial charge < -0.3 is 4.52 Å². The molecule has 0 spiro atoms. The maximum Gasteiger partial charge on any atom is 0.328 e. The normalized spacial score (nSPS) is 10.3. The van der Waals surface area contributed by atoms with Crippen LogP contribution >= 0.6 is 23.2 Å². The summed E-state index contributed by atoms with van der Waals surface area (Å²) in [5, 5.41) is 16.3. The van der Waals surface area contributed by atoms with Crippen molar-refractivity contribution in [1.29, 1.82) is 0 Å². The fourth-order valence-electron chi connectivity index (χ4n) is 1.36. The van der Waals surface area contributed by atoms with Gasteiger partial charge in [-0.1, -0.05) is 28.4 Å². The summed E-state index contributed by atoms with van der Waals surface area (Å²) < 4.78 is 4.70. The molecule has 1 aromatic carbocycles. The predicted octanol–water partition coefficient (Wildman–Crippen LogP) is 2.85. The molecule has 1 N–H and O–H groups in total. The van der Waals surface area contributed by atoms with Crippen LogP contribution in [0.1, 0.15) is 16.2 Å². The third-order valence-corrected chi connectivity index (χ3v) is 3.02. The number of amides is 1. The molecule has 0 saturated heterocycles. The number of nitro groups is 1. The highest BCUT2D eigenvalue weighted by atomic mass is 35.5. The van der Waals surface area contributed by atoms with E-state index in [4.69, 9.17) is 27.7 Å². The highest BCUT2D eigenvalue weighted by Crippen LogP contribution is 2.31. The minimum absolute atomic E-state index is 0.104. The van der Waals surface area contributed by atoms with Crippen LogP contribution in [0.15, 0.2) is 16.7 Å². The fourth-order valence-corrected chi connectivity index (χ4v) is 1.77. The maximum atomic E-state index is 12.0. The first-order chi connectivity index (χ1) is 9.38. The van der Waals surface area contributed by atoms with E-state index in [1.165, 1.54) is 0 Å². The molecular weight excluding hydrogens is 311 g/mol. The van der Waals surface area contributed by atoms with Crippen LogP contribution in [-0.4, -0.2) is 21.0 Å². The number of aryl methyl sites for hydroxylation is 1. The van der Waals surface area contributed by atoms with E-state index in [-0.39, 0.29) is 27.3 Å². The topological polar surface area (TPSA) is 111 Å². The van der Waals surface area contributed by atoms with E-state index < -0.39 is 10.8 Å². The summed E-state index contributed by atoms with van der Waals surface area (Å²) in [6, 6.07) is 1.91. The molecule has 10 heteroatoms. The number of nitrogens with zero attached hydrogens (tertiary/aromatic N) is 3. The Hall–Kier alpha value is -2.19. The van der Waals surface area contributed by atoms with E-state index in [0.717, 1.165) is 12.1 Å². The van der Waals surface area contributed by atoms with Crippen LogP contribution in [0.25, 0.3) is 0 Å². The molecule has 0 fully saturated rings. The van der Waals surface area contributed by atoms with Crippen LogP contribution in [0.5, 0.6) is 0 Å². The third kappa shape index (κ3) is 2.86. The van der Waals surface area contributed by atoms with Crippen molar-refractivity contribution in [3.8, 4) is 0 Å². The van der Waals surface area contributed by atoms with Crippen molar-refractivity contribution < 1.29 is 14.2 Å². The number of nitrogens with one attached hydrogen (secondary N) is 1. The molecular formula is C10H6Cl2N4O4.